The van der Waals surface area contributed by atoms with Crippen LogP contribution in [0.2, 0.25) is 0 Å². The Morgan fingerprint density at radius 3 is 2.26 bits per heavy atom. The van der Waals surface area contributed by atoms with Crippen LogP contribution in [0.1, 0.15) is 6.92 Å². The van der Waals surface area contributed by atoms with Crippen molar-refractivity contribution >= 4 is 29.3 Å². The maximum Gasteiger partial charge on any atom is 0.337 e. The van der Waals surface area contributed by atoms with Crippen LogP contribution in [0.3, 0.4) is 0 Å². The highest BCUT2D eigenvalue weighted by molar-refractivity contribution is 9.10. The molecule has 0 spiro atoms. The Labute approximate surface area is 120 Å². The van der Waals surface area contributed by atoms with E-state index < -0.39 is 13.7 Å². The van der Waals surface area contributed by atoms with E-state index in [1.807, 2.05) is 12.1 Å². The highest BCUT2D eigenvalue weighted by Crippen LogP contribution is 2.46. The van der Waals surface area contributed by atoms with Gasteiger partial charge in [0.25, 0.3) is 0 Å². The van der Waals surface area contributed by atoms with Gasteiger partial charge in [-0.2, -0.15) is 0 Å². The molecule has 1 aromatic carbocycles. The van der Waals surface area contributed by atoms with Crippen molar-refractivity contribution in [3.8, 4) is 5.75 Å². The van der Waals surface area contributed by atoms with Gasteiger partial charge in [0.05, 0.1) is 0 Å². The Kier molecular flexibility index (Phi) is 6.20. The fraction of sp³-hybridized carbons (Fsp3) is 0.417. The molecule has 1 atom stereocenters. The number of Topliss-reactive ketones (excluding diaryl/α,β-unsaturated/α-hetero) is 1. The molecule has 0 heterocycles. The summed E-state index contributed by atoms with van der Waals surface area (Å²) < 4.78 is 27.7. The summed E-state index contributed by atoms with van der Waals surface area (Å²) in [5, 5.41) is 0. The first-order valence-corrected chi connectivity index (χ1v) is 8.08. The fourth-order valence-corrected chi connectivity index (χ4v) is 2.62. The minimum absolute atomic E-state index is 0.308. The van der Waals surface area contributed by atoms with Crippen molar-refractivity contribution in [2.45, 2.75) is 13.0 Å². The summed E-state index contributed by atoms with van der Waals surface area (Å²) >= 11 is 3.31. The van der Waals surface area contributed by atoms with Gasteiger partial charge in [-0.3, -0.25) is 9.36 Å². The highest BCUT2D eigenvalue weighted by atomic mass is 79.9. The number of halogens is 1. The summed E-state index contributed by atoms with van der Waals surface area (Å²) in [7, 11) is -0.845. The van der Waals surface area contributed by atoms with Crippen molar-refractivity contribution in [1.82, 2.24) is 0 Å². The van der Waals surface area contributed by atoms with E-state index in [0.29, 0.717) is 5.75 Å². The molecule has 1 rings (SSSR count). The summed E-state index contributed by atoms with van der Waals surface area (Å²) in [4.78, 5) is 11.9. The monoisotopic (exact) mass is 350 g/mol. The molecule has 0 aliphatic heterocycles. The summed E-state index contributed by atoms with van der Waals surface area (Å²) in [5.41, 5.74) is 0. The van der Waals surface area contributed by atoms with Gasteiger partial charge in [-0.15, -0.1) is 0 Å². The molecular weight excluding hydrogens is 335 g/mol. The Hall–Kier alpha value is -0.680. The molecule has 19 heavy (non-hydrogen) atoms. The van der Waals surface area contributed by atoms with Crippen molar-refractivity contribution < 1.29 is 23.1 Å². The van der Waals surface area contributed by atoms with Gasteiger partial charge in [0.2, 0.25) is 0 Å². The van der Waals surface area contributed by atoms with E-state index in [-0.39, 0.29) is 11.9 Å². The molecule has 5 nitrogen and oxygen atoms in total. The summed E-state index contributed by atoms with van der Waals surface area (Å²) in [5.74, 6) is 0.226. The van der Waals surface area contributed by atoms with Crippen molar-refractivity contribution in [3.05, 3.63) is 28.7 Å². The second-order valence-electron chi connectivity index (χ2n) is 3.81. The first kappa shape index (κ1) is 16.4. The number of rotatable bonds is 7. The molecule has 1 aromatic rings. The summed E-state index contributed by atoms with van der Waals surface area (Å²) in [6.07, 6.45) is -1.03. The van der Waals surface area contributed by atoms with Crippen LogP contribution < -0.4 is 4.74 Å². The lowest BCUT2D eigenvalue weighted by atomic mass is 10.3. The van der Waals surface area contributed by atoms with Crippen LogP contribution in [0.15, 0.2) is 28.7 Å². The SMILES string of the molecule is COP(=O)(CC(=O)[C@H](C)Oc1ccc(Br)cc1)OC. The first-order chi connectivity index (χ1) is 8.90. The largest absolute Gasteiger partial charge is 0.483 e. The Bertz CT molecular complexity index is 466. The lowest BCUT2D eigenvalue weighted by molar-refractivity contribution is -0.122. The molecule has 0 aliphatic rings. The number of ether oxygens (including phenoxy) is 1. The zero-order valence-corrected chi connectivity index (χ0v) is 13.4. The van der Waals surface area contributed by atoms with Crippen LogP contribution in [0, 0.1) is 0 Å². The van der Waals surface area contributed by atoms with Gasteiger partial charge in [0, 0.05) is 18.7 Å². The second kappa shape index (κ2) is 7.20. The van der Waals surface area contributed by atoms with Gasteiger partial charge in [-0.1, -0.05) is 15.9 Å². The molecular formula is C12H16BrO5P. The topological polar surface area (TPSA) is 61.8 Å². The molecule has 0 saturated heterocycles. The molecule has 0 saturated carbocycles. The van der Waals surface area contributed by atoms with Gasteiger partial charge >= 0.3 is 7.60 Å². The molecule has 0 aromatic heterocycles. The number of benzene rings is 1. The number of ketones is 1. The maximum atomic E-state index is 11.9. The number of carbonyl (C=O) groups excluding carboxylic acids is 1. The number of hydrogen-bond donors (Lipinski definition) is 0. The van der Waals surface area contributed by atoms with Crippen LogP contribution >= 0.6 is 23.5 Å². The van der Waals surface area contributed by atoms with Crippen LogP contribution in [-0.2, 0) is 18.4 Å². The van der Waals surface area contributed by atoms with E-state index in [1.54, 1.807) is 19.1 Å². The Balaban J connectivity index is 2.63. The van der Waals surface area contributed by atoms with Crippen LogP contribution in [-0.4, -0.2) is 32.3 Å². The van der Waals surface area contributed by atoms with Crippen LogP contribution in [0.25, 0.3) is 0 Å². The smallest absolute Gasteiger partial charge is 0.337 e. The van der Waals surface area contributed by atoms with Crippen molar-refractivity contribution in [1.29, 1.82) is 0 Å². The fourth-order valence-electron chi connectivity index (χ4n) is 1.31. The lowest BCUT2D eigenvalue weighted by Gasteiger charge is -2.17. The second-order valence-corrected chi connectivity index (χ2v) is 7.00. The van der Waals surface area contributed by atoms with Gasteiger partial charge in [0.1, 0.15) is 11.9 Å². The standard InChI is InChI=1S/C12H16BrO5P/c1-9(12(14)8-19(15,16-2)17-3)18-11-6-4-10(13)5-7-11/h4-7,9H,8H2,1-3H3/t9-/m0/s1. The minimum Gasteiger partial charge on any atom is -0.483 e. The molecule has 0 aliphatic carbocycles. The van der Waals surface area contributed by atoms with Gasteiger partial charge in [-0.05, 0) is 31.2 Å². The zero-order valence-electron chi connectivity index (χ0n) is 11.0. The predicted molar refractivity (Wildman–Crippen MR) is 75.7 cm³/mol. The van der Waals surface area contributed by atoms with Crippen molar-refractivity contribution in [2.75, 3.05) is 20.4 Å². The third-order valence-electron chi connectivity index (χ3n) is 2.49. The van der Waals surface area contributed by atoms with Crippen LogP contribution in [0.5, 0.6) is 5.75 Å². The average molecular weight is 351 g/mol. The predicted octanol–water partition coefficient (Wildman–Crippen LogP) is 3.27. The zero-order chi connectivity index (χ0) is 14.5. The van der Waals surface area contributed by atoms with Gasteiger partial charge in [0.15, 0.2) is 11.9 Å². The minimum atomic E-state index is -3.34. The lowest BCUT2D eigenvalue weighted by Crippen LogP contribution is -2.27. The third-order valence-corrected chi connectivity index (χ3v) is 4.83. The van der Waals surface area contributed by atoms with Gasteiger partial charge in [-0.25, -0.2) is 0 Å². The molecule has 0 N–H and O–H groups in total. The van der Waals surface area contributed by atoms with E-state index in [2.05, 4.69) is 15.9 Å². The van der Waals surface area contributed by atoms with Crippen molar-refractivity contribution in [2.24, 2.45) is 0 Å². The molecule has 106 valence electrons. The third kappa shape index (κ3) is 5.07. The molecule has 0 unspecified atom stereocenters. The highest BCUT2D eigenvalue weighted by Gasteiger charge is 2.29. The van der Waals surface area contributed by atoms with E-state index in [1.165, 1.54) is 14.2 Å². The molecule has 0 radical (unpaired) electrons. The summed E-state index contributed by atoms with van der Waals surface area (Å²) in [6.45, 7) is 1.60. The molecule has 0 fully saturated rings. The Morgan fingerprint density at radius 2 is 1.79 bits per heavy atom. The first-order valence-electron chi connectivity index (χ1n) is 5.55. The maximum absolute atomic E-state index is 11.9. The number of carbonyl (C=O) groups is 1. The van der Waals surface area contributed by atoms with E-state index >= 15 is 0 Å². The van der Waals surface area contributed by atoms with E-state index in [0.717, 1.165) is 4.47 Å². The van der Waals surface area contributed by atoms with E-state index in [9.17, 15) is 9.36 Å². The molecule has 0 amide bonds. The number of hydrogen-bond acceptors (Lipinski definition) is 5. The van der Waals surface area contributed by atoms with Crippen molar-refractivity contribution in [3.63, 3.8) is 0 Å². The normalized spacial score (nSPS) is 13.1. The van der Waals surface area contributed by atoms with E-state index in [4.69, 9.17) is 13.8 Å². The quantitative estimate of drug-likeness (QED) is 0.706. The molecule has 0 bridgehead atoms. The Morgan fingerprint density at radius 1 is 1.26 bits per heavy atom. The summed E-state index contributed by atoms with van der Waals surface area (Å²) in [6, 6.07) is 7.09. The van der Waals surface area contributed by atoms with Crippen LogP contribution in [0.4, 0.5) is 0 Å². The van der Waals surface area contributed by atoms with Gasteiger partial charge < -0.3 is 13.8 Å². The average Bonchev–Trinajstić information content (AvgIpc) is 2.41. The molecule has 7 heteroatoms.